The standard InChI is InChI=1S/C24H31FN2O2S/c1-4-18(2)26-24(29)19(3)27(15-14-20-10-6-5-7-11-20)23(28)17-30-16-21-12-8-9-13-22(21)25/h5-13,18-19H,4,14-17H2,1-3H3,(H,26,29)/t18-,19+/m0/s1. The Labute approximate surface area is 183 Å². The average Bonchev–Trinajstić information content (AvgIpc) is 2.75. The summed E-state index contributed by atoms with van der Waals surface area (Å²) in [5, 5.41) is 2.96. The van der Waals surface area contributed by atoms with Gasteiger partial charge in [-0.1, -0.05) is 55.5 Å². The fourth-order valence-electron chi connectivity index (χ4n) is 2.98. The molecule has 0 aliphatic heterocycles. The third kappa shape index (κ3) is 7.48. The molecule has 2 aromatic carbocycles. The van der Waals surface area contributed by atoms with Crippen molar-refractivity contribution in [2.75, 3.05) is 12.3 Å². The molecule has 0 fully saturated rings. The van der Waals surface area contributed by atoms with Gasteiger partial charge in [-0.25, -0.2) is 4.39 Å². The Morgan fingerprint density at radius 3 is 2.40 bits per heavy atom. The second-order valence-electron chi connectivity index (χ2n) is 7.40. The summed E-state index contributed by atoms with van der Waals surface area (Å²) in [6, 6.07) is 16.0. The van der Waals surface area contributed by atoms with Gasteiger partial charge in [0.25, 0.3) is 0 Å². The number of nitrogens with zero attached hydrogens (tertiary/aromatic N) is 1. The molecule has 0 saturated heterocycles. The zero-order chi connectivity index (χ0) is 21.9. The van der Waals surface area contributed by atoms with Gasteiger partial charge in [0.2, 0.25) is 11.8 Å². The van der Waals surface area contributed by atoms with E-state index >= 15 is 0 Å². The van der Waals surface area contributed by atoms with Gasteiger partial charge in [0, 0.05) is 18.3 Å². The van der Waals surface area contributed by atoms with Gasteiger partial charge in [0.15, 0.2) is 0 Å². The second kappa shape index (κ2) is 12.4. The number of amides is 2. The minimum atomic E-state index is -0.565. The number of thioether (sulfide) groups is 1. The van der Waals surface area contributed by atoms with E-state index in [-0.39, 0.29) is 29.4 Å². The molecule has 0 spiro atoms. The van der Waals surface area contributed by atoms with Crippen LogP contribution in [0, 0.1) is 5.82 Å². The summed E-state index contributed by atoms with van der Waals surface area (Å²) in [6.07, 6.45) is 1.50. The lowest BCUT2D eigenvalue weighted by atomic mass is 10.1. The molecule has 30 heavy (non-hydrogen) atoms. The van der Waals surface area contributed by atoms with E-state index in [1.807, 2.05) is 44.2 Å². The average molecular weight is 431 g/mol. The van der Waals surface area contributed by atoms with Crippen LogP contribution < -0.4 is 5.32 Å². The summed E-state index contributed by atoms with van der Waals surface area (Å²) < 4.78 is 13.8. The quantitative estimate of drug-likeness (QED) is 0.574. The molecule has 0 bridgehead atoms. The summed E-state index contributed by atoms with van der Waals surface area (Å²) >= 11 is 1.36. The molecule has 1 N–H and O–H groups in total. The number of hydrogen-bond donors (Lipinski definition) is 1. The molecule has 0 saturated carbocycles. The fourth-order valence-corrected chi connectivity index (χ4v) is 3.88. The van der Waals surface area contributed by atoms with Crippen molar-refractivity contribution in [3.05, 3.63) is 71.5 Å². The van der Waals surface area contributed by atoms with E-state index in [0.29, 0.717) is 24.3 Å². The van der Waals surface area contributed by atoms with Crippen LogP contribution in [-0.2, 0) is 21.8 Å². The normalized spacial score (nSPS) is 12.8. The number of carbonyl (C=O) groups is 2. The third-order valence-corrected chi connectivity index (χ3v) is 6.06. The second-order valence-corrected chi connectivity index (χ2v) is 8.39. The first kappa shape index (κ1) is 23.9. The Balaban J connectivity index is 2.01. The number of nitrogens with one attached hydrogen (secondary N) is 1. The first-order chi connectivity index (χ1) is 14.4. The molecule has 0 aliphatic rings. The van der Waals surface area contributed by atoms with Crippen LogP contribution in [-0.4, -0.2) is 41.1 Å². The topological polar surface area (TPSA) is 49.4 Å². The van der Waals surface area contributed by atoms with Gasteiger partial charge in [-0.15, -0.1) is 11.8 Å². The van der Waals surface area contributed by atoms with Gasteiger partial charge in [0.05, 0.1) is 5.75 Å². The maximum absolute atomic E-state index is 13.8. The van der Waals surface area contributed by atoms with E-state index < -0.39 is 6.04 Å². The number of rotatable bonds is 11. The lowest BCUT2D eigenvalue weighted by molar-refractivity contribution is -0.138. The monoisotopic (exact) mass is 430 g/mol. The van der Waals surface area contributed by atoms with Crippen LogP contribution in [0.25, 0.3) is 0 Å². The molecule has 162 valence electrons. The number of carbonyl (C=O) groups excluding carboxylic acids is 2. The van der Waals surface area contributed by atoms with Crippen LogP contribution in [0.3, 0.4) is 0 Å². The SMILES string of the molecule is CC[C@H](C)NC(=O)[C@@H](C)N(CCc1ccccc1)C(=O)CSCc1ccccc1F. The summed E-state index contributed by atoms with van der Waals surface area (Å²) in [4.78, 5) is 27.3. The van der Waals surface area contributed by atoms with Gasteiger partial charge >= 0.3 is 0 Å². The van der Waals surface area contributed by atoms with E-state index in [0.717, 1.165) is 12.0 Å². The first-order valence-corrected chi connectivity index (χ1v) is 11.5. The number of benzene rings is 2. The summed E-state index contributed by atoms with van der Waals surface area (Å²) in [5.74, 6) is 0.0891. The van der Waals surface area contributed by atoms with E-state index in [9.17, 15) is 14.0 Å². The van der Waals surface area contributed by atoms with Gasteiger partial charge in [-0.3, -0.25) is 9.59 Å². The Hall–Kier alpha value is -2.34. The summed E-state index contributed by atoms with van der Waals surface area (Å²) in [5.41, 5.74) is 1.69. The van der Waals surface area contributed by atoms with Crippen molar-refractivity contribution in [3.8, 4) is 0 Å². The molecule has 2 rings (SSSR count). The van der Waals surface area contributed by atoms with Gasteiger partial charge in [0.1, 0.15) is 11.9 Å². The van der Waals surface area contributed by atoms with Crippen molar-refractivity contribution in [3.63, 3.8) is 0 Å². The van der Waals surface area contributed by atoms with Gasteiger partial charge in [-0.05, 0) is 43.9 Å². The summed E-state index contributed by atoms with van der Waals surface area (Å²) in [6.45, 7) is 6.18. The minimum absolute atomic E-state index is 0.0569. The Morgan fingerprint density at radius 1 is 1.07 bits per heavy atom. The van der Waals surface area contributed by atoms with Crippen molar-refractivity contribution in [1.29, 1.82) is 0 Å². The molecule has 0 radical (unpaired) electrons. The summed E-state index contributed by atoms with van der Waals surface area (Å²) in [7, 11) is 0. The highest BCUT2D eigenvalue weighted by Crippen LogP contribution is 2.17. The molecule has 0 unspecified atom stereocenters. The molecule has 0 aliphatic carbocycles. The smallest absolute Gasteiger partial charge is 0.242 e. The molecule has 2 amide bonds. The highest BCUT2D eigenvalue weighted by molar-refractivity contribution is 7.99. The lowest BCUT2D eigenvalue weighted by Crippen LogP contribution is -2.51. The van der Waals surface area contributed by atoms with E-state index in [1.54, 1.807) is 30.0 Å². The predicted molar refractivity (Wildman–Crippen MR) is 122 cm³/mol. The van der Waals surface area contributed by atoms with Crippen LogP contribution in [0.5, 0.6) is 0 Å². The third-order valence-electron chi connectivity index (χ3n) is 5.09. The molecule has 2 aromatic rings. The van der Waals surface area contributed by atoms with Crippen molar-refractivity contribution >= 4 is 23.6 Å². The van der Waals surface area contributed by atoms with Crippen molar-refractivity contribution in [2.24, 2.45) is 0 Å². The maximum Gasteiger partial charge on any atom is 0.242 e. The molecule has 2 atom stereocenters. The fraction of sp³-hybridized carbons (Fsp3) is 0.417. The van der Waals surface area contributed by atoms with Crippen LogP contribution in [0.1, 0.15) is 38.3 Å². The lowest BCUT2D eigenvalue weighted by Gasteiger charge is -2.29. The van der Waals surface area contributed by atoms with Crippen molar-refractivity contribution < 1.29 is 14.0 Å². The first-order valence-electron chi connectivity index (χ1n) is 10.4. The van der Waals surface area contributed by atoms with Gasteiger partial charge in [-0.2, -0.15) is 0 Å². The van der Waals surface area contributed by atoms with Crippen molar-refractivity contribution in [2.45, 2.75) is 51.4 Å². The molecule has 6 heteroatoms. The zero-order valence-electron chi connectivity index (χ0n) is 17.9. The Kier molecular flexibility index (Phi) is 9.87. The Bertz CT molecular complexity index is 816. The van der Waals surface area contributed by atoms with E-state index in [2.05, 4.69) is 5.32 Å². The van der Waals surface area contributed by atoms with Crippen LogP contribution >= 0.6 is 11.8 Å². The van der Waals surface area contributed by atoms with E-state index in [1.165, 1.54) is 17.8 Å². The molecule has 0 aromatic heterocycles. The highest BCUT2D eigenvalue weighted by Gasteiger charge is 2.26. The molecular weight excluding hydrogens is 399 g/mol. The minimum Gasteiger partial charge on any atom is -0.352 e. The molecule has 4 nitrogen and oxygen atoms in total. The van der Waals surface area contributed by atoms with Gasteiger partial charge < -0.3 is 10.2 Å². The van der Waals surface area contributed by atoms with Crippen LogP contribution in [0.2, 0.25) is 0 Å². The number of halogens is 1. The molecule has 0 heterocycles. The largest absolute Gasteiger partial charge is 0.352 e. The maximum atomic E-state index is 13.8. The highest BCUT2D eigenvalue weighted by atomic mass is 32.2. The van der Waals surface area contributed by atoms with Crippen LogP contribution in [0.15, 0.2) is 54.6 Å². The predicted octanol–water partition coefficient (Wildman–Crippen LogP) is 4.43. The van der Waals surface area contributed by atoms with Crippen molar-refractivity contribution in [1.82, 2.24) is 10.2 Å². The zero-order valence-corrected chi connectivity index (χ0v) is 18.8. The molecular formula is C24H31FN2O2S. The van der Waals surface area contributed by atoms with Crippen LogP contribution in [0.4, 0.5) is 4.39 Å². The Morgan fingerprint density at radius 2 is 1.73 bits per heavy atom. The van der Waals surface area contributed by atoms with E-state index in [4.69, 9.17) is 0 Å². The number of hydrogen-bond acceptors (Lipinski definition) is 3.